The Morgan fingerprint density at radius 3 is 1.16 bits per heavy atom. The van der Waals surface area contributed by atoms with Gasteiger partial charge in [-0.25, -0.2) is 0 Å². The summed E-state index contributed by atoms with van der Waals surface area (Å²) in [5.41, 5.74) is 10.4. The van der Waals surface area contributed by atoms with Crippen LogP contribution in [0, 0.1) is 0 Å². The van der Waals surface area contributed by atoms with Crippen LogP contribution >= 0.6 is 0 Å². The van der Waals surface area contributed by atoms with Gasteiger partial charge in [0.1, 0.15) is 11.2 Å². The van der Waals surface area contributed by atoms with E-state index in [2.05, 4.69) is 240 Å². The summed E-state index contributed by atoms with van der Waals surface area (Å²) in [4.78, 5) is 4.70. The van der Waals surface area contributed by atoms with Gasteiger partial charge in [0.25, 0.3) is 0 Å². The third-order valence-corrected chi connectivity index (χ3v) is 12.1. The van der Waals surface area contributed by atoms with Gasteiger partial charge < -0.3 is 14.2 Å². The van der Waals surface area contributed by atoms with Gasteiger partial charge in [-0.3, -0.25) is 0 Å². The second-order valence-corrected chi connectivity index (χ2v) is 15.7. The number of hydrogen-bond acceptors (Lipinski definition) is 3. The largest absolute Gasteiger partial charge is 0.455 e. The van der Waals surface area contributed by atoms with Crippen molar-refractivity contribution >= 4 is 99.2 Å². The minimum Gasteiger partial charge on any atom is -0.455 e. The van der Waals surface area contributed by atoms with E-state index in [1.165, 1.54) is 37.7 Å². The van der Waals surface area contributed by atoms with E-state index >= 15 is 0 Å². The second kappa shape index (κ2) is 14.3. The van der Waals surface area contributed by atoms with Gasteiger partial charge in [-0.1, -0.05) is 152 Å². The molecule has 0 unspecified atom stereocenters. The molecule has 0 atom stereocenters. The third kappa shape index (κ3) is 5.74. The number of hydrogen-bond donors (Lipinski definition) is 0. The molecular weight excluding hydrogens is 741 g/mol. The average molecular weight is 779 g/mol. The number of furan rings is 1. The number of rotatable bonds is 7. The number of nitrogens with zero attached hydrogens (tertiary/aromatic N) is 2. The molecule has 0 spiro atoms. The first-order valence-electron chi connectivity index (χ1n) is 20.8. The van der Waals surface area contributed by atoms with Gasteiger partial charge in [-0.15, -0.1) is 0 Å². The Morgan fingerprint density at radius 1 is 0.246 bits per heavy atom. The number of fused-ring (bicyclic) bond motifs is 13. The van der Waals surface area contributed by atoms with E-state index in [0.29, 0.717) is 0 Å². The topological polar surface area (TPSA) is 19.6 Å². The zero-order valence-corrected chi connectivity index (χ0v) is 33.2. The molecule has 61 heavy (non-hydrogen) atoms. The molecule has 0 saturated carbocycles. The fourth-order valence-electron chi connectivity index (χ4n) is 9.52. The van der Waals surface area contributed by atoms with Crippen molar-refractivity contribution < 1.29 is 4.42 Å². The van der Waals surface area contributed by atoms with Crippen LogP contribution in [0.15, 0.2) is 235 Å². The summed E-state index contributed by atoms with van der Waals surface area (Å²) >= 11 is 0. The monoisotopic (exact) mass is 778 g/mol. The highest BCUT2D eigenvalue weighted by Gasteiger charge is 2.23. The Morgan fingerprint density at radius 2 is 0.656 bits per heavy atom. The van der Waals surface area contributed by atoms with Crippen molar-refractivity contribution in [2.75, 3.05) is 9.80 Å². The summed E-state index contributed by atoms with van der Waals surface area (Å²) in [6, 6.07) is 82.7. The van der Waals surface area contributed by atoms with Crippen LogP contribution in [-0.4, -0.2) is 0 Å². The molecule has 0 amide bonds. The van der Waals surface area contributed by atoms with Crippen LogP contribution < -0.4 is 9.80 Å². The van der Waals surface area contributed by atoms with Crippen LogP contribution in [0.5, 0.6) is 0 Å². The van der Waals surface area contributed by atoms with Crippen LogP contribution in [0.3, 0.4) is 0 Å². The van der Waals surface area contributed by atoms with Gasteiger partial charge in [0.15, 0.2) is 0 Å². The molecule has 1 heterocycles. The molecule has 0 saturated heterocycles. The predicted molar refractivity (Wildman–Crippen MR) is 259 cm³/mol. The highest BCUT2D eigenvalue weighted by atomic mass is 16.3. The first-order chi connectivity index (χ1) is 30.3. The maximum atomic E-state index is 6.96. The molecular formula is C58H38N2O. The minimum atomic E-state index is 0.890. The summed E-state index contributed by atoms with van der Waals surface area (Å²) in [7, 11) is 0. The molecule has 1 aromatic heterocycles. The molecule has 0 aliphatic rings. The molecule has 3 heteroatoms. The lowest BCUT2D eigenvalue weighted by Gasteiger charge is -2.30. The highest BCUT2D eigenvalue weighted by Crippen LogP contribution is 2.49. The lowest BCUT2D eigenvalue weighted by molar-refractivity contribution is 0.673. The smallest absolute Gasteiger partial charge is 0.143 e. The standard InChI is InChI=1S/C58H38N2O/c1-5-19-41(20-6-1)59(42-21-7-2-8-22-42)45-35-40(36-46(38-45)60(43-23-9-3-10-24-43)44-25-11-4-12-26-44)39-33-34-51-53(37-39)58-57(52-31-17-18-32-54(52)61-58)56-50-30-16-14-28-48(50)47-27-13-15-29-49(47)55(51)56/h1-38H. The molecule has 0 aliphatic carbocycles. The molecule has 12 rings (SSSR count). The Kier molecular flexibility index (Phi) is 8.17. The van der Waals surface area contributed by atoms with Gasteiger partial charge in [-0.05, 0) is 122 Å². The summed E-state index contributed by atoms with van der Waals surface area (Å²) in [6.07, 6.45) is 0. The van der Waals surface area contributed by atoms with Gasteiger partial charge >= 0.3 is 0 Å². The van der Waals surface area contributed by atoms with E-state index in [0.717, 1.165) is 72.6 Å². The van der Waals surface area contributed by atoms with E-state index in [1.54, 1.807) is 0 Å². The van der Waals surface area contributed by atoms with Crippen LogP contribution in [0.25, 0.3) is 76.2 Å². The summed E-state index contributed by atoms with van der Waals surface area (Å²) < 4.78 is 6.96. The maximum Gasteiger partial charge on any atom is 0.143 e. The van der Waals surface area contributed by atoms with E-state index in [9.17, 15) is 0 Å². The Balaban J connectivity index is 1.19. The summed E-state index contributed by atoms with van der Waals surface area (Å²) in [6.45, 7) is 0. The van der Waals surface area contributed by atoms with E-state index in [-0.39, 0.29) is 0 Å². The van der Waals surface area contributed by atoms with Gasteiger partial charge in [0.2, 0.25) is 0 Å². The van der Waals surface area contributed by atoms with Crippen LogP contribution in [0.2, 0.25) is 0 Å². The van der Waals surface area contributed by atoms with Gasteiger partial charge in [0.05, 0.1) is 0 Å². The van der Waals surface area contributed by atoms with Crippen molar-refractivity contribution in [3.63, 3.8) is 0 Å². The van der Waals surface area contributed by atoms with E-state index in [1.807, 2.05) is 0 Å². The lowest BCUT2D eigenvalue weighted by Crippen LogP contribution is -2.13. The fourth-order valence-corrected chi connectivity index (χ4v) is 9.52. The van der Waals surface area contributed by atoms with Crippen molar-refractivity contribution in [1.82, 2.24) is 0 Å². The lowest BCUT2D eigenvalue weighted by atomic mass is 9.87. The van der Waals surface area contributed by atoms with E-state index in [4.69, 9.17) is 4.42 Å². The maximum absolute atomic E-state index is 6.96. The minimum absolute atomic E-state index is 0.890. The first-order valence-corrected chi connectivity index (χ1v) is 20.8. The molecule has 0 N–H and O–H groups in total. The van der Waals surface area contributed by atoms with Crippen molar-refractivity contribution in [2.45, 2.75) is 0 Å². The number of benzene rings is 11. The molecule has 11 aromatic carbocycles. The molecule has 12 aromatic rings. The summed E-state index contributed by atoms with van der Waals surface area (Å²) in [5, 5.41) is 12.0. The number of anilines is 6. The van der Waals surface area contributed by atoms with Crippen molar-refractivity contribution in [3.8, 4) is 11.1 Å². The Labute approximate surface area is 353 Å². The fraction of sp³-hybridized carbons (Fsp3) is 0. The molecule has 0 bridgehead atoms. The first kappa shape index (κ1) is 34.9. The molecule has 0 radical (unpaired) electrons. The second-order valence-electron chi connectivity index (χ2n) is 15.7. The van der Waals surface area contributed by atoms with Crippen molar-refractivity contribution in [2.24, 2.45) is 0 Å². The van der Waals surface area contributed by atoms with Crippen molar-refractivity contribution in [1.29, 1.82) is 0 Å². The Bertz CT molecular complexity index is 3400. The molecule has 0 fully saturated rings. The SMILES string of the molecule is c1ccc(N(c2ccccc2)c2cc(-c3ccc4c(c3)c3oc5ccccc5c3c3c5ccccc5c5ccccc5c43)cc(N(c3ccccc3)c3ccccc3)c2)cc1. The van der Waals surface area contributed by atoms with Crippen LogP contribution in [0.4, 0.5) is 34.1 Å². The van der Waals surface area contributed by atoms with Crippen LogP contribution in [-0.2, 0) is 0 Å². The zero-order valence-electron chi connectivity index (χ0n) is 33.2. The zero-order chi connectivity index (χ0) is 40.3. The van der Waals surface area contributed by atoms with Gasteiger partial charge in [-0.2, -0.15) is 0 Å². The molecule has 286 valence electrons. The van der Waals surface area contributed by atoms with Crippen LogP contribution in [0.1, 0.15) is 0 Å². The predicted octanol–water partition coefficient (Wildman–Crippen LogP) is 16.8. The van der Waals surface area contributed by atoms with Crippen molar-refractivity contribution in [3.05, 3.63) is 231 Å². The quantitative estimate of drug-likeness (QED) is 0.150. The van der Waals surface area contributed by atoms with E-state index < -0.39 is 0 Å². The molecule has 3 nitrogen and oxygen atoms in total. The Hall–Kier alpha value is -8.14. The summed E-state index contributed by atoms with van der Waals surface area (Å²) in [5.74, 6) is 0. The number of para-hydroxylation sites is 5. The highest BCUT2D eigenvalue weighted by molar-refractivity contribution is 6.42. The third-order valence-electron chi connectivity index (χ3n) is 12.1. The van der Waals surface area contributed by atoms with Gasteiger partial charge in [0, 0.05) is 55.7 Å². The molecule has 0 aliphatic heterocycles. The normalized spacial score (nSPS) is 11.6. The average Bonchev–Trinajstić information content (AvgIpc) is 3.73.